The average molecular weight is 305 g/mol. The normalized spacial score (nSPS) is 14.0. The van der Waals surface area contributed by atoms with Crippen molar-refractivity contribution in [1.29, 1.82) is 0 Å². The Hall–Kier alpha value is -2.25. The molecule has 0 fully saturated rings. The number of benzene rings is 1. The number of hydrogen-bond acceptors (Lipinski definition) is 4. The zero-order valence-electron chi connectivity index (χ0n) is 11.4. The summed E-state index contributed by atoms with van der Waals surface area (Å²) < 4.78 is 47.4. The Morgan fingerprint density at radius 2 is 1.76 bits per heavy atom. The van der Waals surface area contributed by atoms with Gasteiger partial charge >= 0.3 is 18.2 Å². The monoisotopic (exact) mass is 305 g/mol. The van der Waals surface area contributed by atoms with E-state index in [4.69, 9.17) is 0 Å². The van der Waals surface area contributed by atoms with E-state index in [0.717, 1.165) is 7.11 Å². The largest absolute Gasteiger partial charge is 0.467 e. The fraction of sp³-hybridized carbons (Fsp3) is 0.385. The molecule has 1 aromatic carbocycles. The summed E-state index contributed by atoms with van der Waals surface area (Å²) in [5.74, 6) is -1.63. The molecule has 1 aromatic rings. The number of methoxy groups -OCH3 is 1. The molecule has 0 aliphatic carbocycles. The summed E-state index contributed by atoms with van der Waals surface area (Å²) in [6.45, 7) is 0.282. The van der Waals surface area contributed by atoms with Crippen LogP contribution in [0, 0.1) is 0 Å². The first-order valence-electron chi connectivity index (χ1n) is 5.84. The molecular formula is C13H14F3NO4. The molecule has 0 aliphatic rings. The van der Waals surface area contributed by atoms with Crippen molar-refractivity contribution in [2.45, 2.75) is 25.2 Å². The van der Waals surface area contributed by atoms with E-state index in [2.05, 4.69) is 9.47 Å². The van der Waals surface area contributed by atoms with Gasteiger partial charge in [0, 0.05) is 0 Å². The van der Waals surface area contributed by atoms with Crippen LogP contribution in [0.4, 0.5) is 18.0 Å². The SMILES string of the molecule is COC(=O)[C@](C)(NC(=O)OCc1ccccc1)C(F)(F)F. The van der Waals surface area contributed by atoms with Crippen LogP contribution in [-0.4, -0.2) is 30.9 Å². The third-order valence-electron chi connectivity index (χ3n) is 2.73. The third kappa shape index (κ3) is 4.11. The number of hydrogen-bond donors (Lipinski definition) is 1. The third-order valence-corrected chi connectivity index (χ3v) is 2.73. The molecule has 1 N–H and O–H groups in total. The summed E-state index contributed by atoms with van der Waals surface area (Å²) in [4.78, 5) is 22.7. The molecule has 8 heteroatoms. The molecule has 0 aliphatic heterocycles. The van der Waals surface area contributed by atoms with Gasteiger partial charge in [0.15, 0.2) is 0 Å². The van der Waals surface area contributed by atoms with Crippen LogP contribution in [0.5, 0.6) is 0 Å². The van der Waals surface area contributed by atoms with Gasteiger partial charge in [-0.05, 0) is 12.5 Å². The molecule has 5 nitrogen and oxygen atoms in total. The van der Waals surface area contributed by atoms with E-state index >= 15 is 0 Å². The Balaban J connectivity index is 2.72. The molecule has 0 bridgehead atoms. The van der Waals surface area contributed by atoms with Gasteiger partial charge in [-0.15, -0.1) is 0 Å². The number of alkyl halides is 3. The lowest BCUT2D eigenvalue weighted by Gasteiger charge is -2.29. The highest BCUT2D eigenvalue weighted by Crippen LogP contribution is 2.31. The topological polar surface area (TPSA) is 64.6 Å². The minimum absolute atomic E-state index is 0.220. The molecule has 116 valence electrons. The number of esters is 1. The second-order valence-corrected chi connectivity index (χ2v) is 4.30. The van der Waals surface area contributed by atoms with Crippen LogP contribution >= 0.6 is 0 Å². The van der Waals surface area contributed by atoms with Gasteiger partial charge in [-0.2, -0.15) is 13.2 Å². The maximum absolute atomic E-state index is 12.9. The summed E-state index contributed by atoms with van der Waals surface area (Å²) >= 11 is 0. The van der Waals surface area contributed by atoms with Crippen molar-refractivity contribution in [3.63, 3.8) is 0 Å². The van der Waals surface area contributed by atoms with Gasteiger partial charge in [-0.25, -0.2) is 9.59 Å². The highest BCUT2D eigenvalue weighted by Gasteiger charge is 2.59. The minimum Gasteiger partial charge on any atom is -0.467 e. The summed E-state index contributed by atoms with van der Waals surface area (Å²) in [7, 11) is 0.795. The van der Waals surface area contributed by atoms with Gasteiger partial charge in [0.05, 0.1) is 7.11 Å². The maximum Gasteiger partial charge on any atom is 0.422 e. The predicted octanol–water partition coefficient (Wildman–Crippen LogP) is 2.41. The van der Waals surface area contributed by atoms with Crippen molar-refractivity contribution in [3.05, 3.63) is 35.9 Å². The number of nitrogens with one attached hydrogen (secondary N) is 1. The van der Waals surface area contributed by atoms with Gasteiger partial charge in [0.25, 0.3) is 0 Å². The predicted molar refractivity (Wildman–Crippen MR) is 66.2 cm³/mol. The summed E-state index contributed by atoms with van der Waals surface area (Å²) in [5, 5.41) is 1.49. The molecule has 21 heavy (non-hydrogen) atoms. The molecule has 0 heterocycles. The quantitative estimate of drug-likeness (QED) is 0.868. The summed E-state index contributed by atoms with van der Waals surface area (Å²) in [6.07, 6.45) is -6.39. The lowest BCUT2D eigenvalue weighted by atomic mass is 10.0. The van der Waals surface area contributed by atoms with E-state index in [9.17, 15) is 22.8 Å². The number of alkyl carbamates (subject to hydrolysis) is 1. The van der Waals surface area contributed by atoms with Gasteiger partial charge < -0.3 is 9.47 Å². The van der Waals surface area contributed by atoms with E-state index < -0.39 is 23.8 Å². The van der Waals surface area contributed by atoms with Crippen molar-refractivity contribution in [2.75, 3.05) is 7.11 Å². The van der Waals surface area contributed by atoms with Crippen molar-refractivity contribution >= 4 is 12.1 Å². The smallest absolute Gasteiger partial charge is 0.422 e. The lowest BCUT2D eigenvalue weighted by molar-refractivity contribution is -0.206. The average Bonchev–Trinajstić information content (AvgIpc) is 2.44. The van der Waals surface area contributed by atoms with E-state index in [1.165, 1.54) is 5.32 Å². The number of halogens is 3. The second kappa shape index (κ2) is 6.47. The van der Waals surface area contributed by atoms with E-state index in [0.29, 0.717) is 12.5 Å². The van der Waals surface area contributed by atoms with E-state index in [-0.39, 0.29) is 6.61 Å². The first-order valence-corrected chi connectivity index (χ1v) is 5.84. The molecule has 0 unspecified atom stereocenters. The Labute approximate surface area is 119 Å². The molecule has 0 aromatic heterocycles. The van der Waals surface area contributed by atoms with Gasteiger partial charge in [0.1, 0.15) is 6.61 Å². The Morgan fingerprint density at radius 1 is 1.19 bits per heavy atom. The zero-order chi connectivity index (χ0) is 16.1. The summed E-state index contributed by atoms with van der Waals surface area (Å²) in [5.41, 5.74) is -2.57. The Morgan fingerprint density at radius 3 is 2.24 bits per heavy atom. The molecule has 0 spiro atoms. The number of carbonyl (C=O) groups excluding carboxylic acids is 2. The minimum atomic E-state index is -5.02. The van der Waals surface area contributed by atoms with Crippen LogP contribution in [0.3, 0.4) is 0 Å². The summed E-state index contributed by atoms with van der Waals surface area (Å²) in [6, 6.07) is 8.38. The van der Waals surface area contributed by atoms with Crippen molar-refractivity contribution in [3.8, 4) is 0 Å². The Kier molecular flexibility index (Phi) is 5.17. The van der Waals surface area contributed by atoms with Crippen LogP contribution in [0.25, 0.3) is 0 Å². The van der Waals surface area contributed by atoms with Gasteiger partial charge in [-0.1, -0.05) is 30.3 Å². The van der Waals surface area contributed by atoms with Crippen LogP contribution in [0.1, 0.15) is 12.5 Å². The number of rotatable bonds is 4. The number of ether oxygens (including phenoxy) is 2. The standard InChI is InChI=1S/C13H14F3NO4/c1-12(10(18)20-2,13(14,15)16)17-11(19)21-8-9-6-4-3-5-7-9/h3-7H,8H2,1-2H3,(H,17,19)/t12-/m0/s1. The van der Waals surface area contributed by atoms with E-state index in [1.807, 2.05) is 0 Å². The van der Waals surface area contributed by atoms with Crippen molar-refractivity contribution in [2.24, 2.45) is 0 Å². The molecular weight excluding hydrogens is 291 g/mol. The van der Waals surface area contributed by atoms with Gasteiger partial charge in [-0.3, -0.25) is 5.32 Å². The first-order chi connectivity index (χ1) is 9.70. The molecule has 0 saturated carbocycles. The zero-order valence-corrected chi connectivity index (χ0v) is 11.4. The van der Waals surface area contributed by atoms with Gasteiger partial charge in [0.2, 0.25) is 5.54 Å². The molecule has 1 atom stereocenters. The first kappa shape index (κ1) is 16.8. The molecule has 1 rings (SSSR count). The fourth-order valence-electron chi connectivity index (χ4n) is 1.41. The number of carbonyl (C=O) groups is 2. The van der Waals surface area contributed by atoms with Crippen LogP contribution in [0.2, 0.25) is 0 Å². The van der Waals surface area contributed by atoms with Crippen molar-refractivity contribution < 1.29 is 32.2 Å². The van der Waals surface area contributed by atoms with Crippen molar-refractivity contribution in [1.82, 2.24) is 5.32 Å². The van der Waals surface area contributed by atoms with Crippen LogP contribution < -0.4 is 5.32 Å². The Bertz CT molecular complexity index is 504. The lowest BCUT2D eigenvalue weighted by Crippen LogP contribution is -2.62. The highest BCUT2D eigenvalue weighted by molar-refractivity contribution is 5.86. The fourth-order valence-corrected chi connectivity index (χ4v) is 1.41. The second-order valence-electron chi connectivity index (χ2n) is 4.30. The van der Waals surface area contributed by atoms with E-state index in [1.54, 1.807) is 30.3 Å². The molecule has 1 amide bonds. The molecule has 0 saturated heterocycles. The maximum atomic E-state index is 12.9. The van der Waals surface area contributed by atoms with Crippen LogP contribution in [0.15, 0.2) is 30.3 Å². The highest BCUT2D eigenvalue weighted by atomic mass is 19.4. The van der Waals surface area contributed by atoms with Crippen LogP contribution in [-0.2, 0) is 20.9 Å². The number of amides is 1. The molecule has 0 radical (unpaired) electrons.